The van der Waals surface area contributed by atoms with Crippen LogP contribution in [0, 0.1) is 6.92 Å². The average molecular weight is 296 g/mol. The second kappa shape index (κ2) is 4.76. The molecule has 2 aromatic heterocycles. The van der Waals surface area contributed by atoms with E-state index in [9.17, 15) is 18.0 Å². The number of aryl methyl sites for hydroxylation is 1. The quantitative estimate of drug-likeness (QED) is 0.851. The minimum absolute atomic E-state index is 0.0567. The number of nitrogens with one attached hydrogen (secondary N) is 2. The predicted molar refractivity (Wildman–Crippen MR) is 60.6 cm³/mol. The summed E-state index contributed by atoms with van der Waals surface area (Å²) in [5, 5.41) is 6.35. The lowest BCUT2D eigenvalue weighted by Crippen LogP contribution is -2.08. The van der Waals surface area contributed by atoms with Gasteiger partial charge in [0.15, 0.2) is 10.9 Å². The summed E-state index contributed by atoms with van der Waals surface area (Å²) in [6.45, 7) is 1.52. The van der Waals surface area contributed by atoms with Crippen molar-refractivity contribution in [1.29, 1.82) is 0 Å². The lowest BCUT2D eigenvalue weighted by molar-refractivity contribution is -0.141. The van der Waals surface area contributed by atoms with Crippen LogP contribution >= 0.6 is 23.1 Å². The van der Waals surface area contributed by atoms with E-state index in [1.54, 1.807) is 0 Å². The molecule has 2 N–H and O–H groups in total. The van der Waals surface area contributed by atoms with Crippen molar-refractivity contribution >= 4 is 23.1 Å². The number of aromatic amines is 2. The molecule has 0 amide bonds. The van der Waals surface area contributed by atoms with Crippen molar-refractivity contribution in [3.05, 3.63) is 26.1 Å². The minimum Gasteiger partial charge on any atom is -0.284 e. The maximum absolute atomic E-state index is 12.6. The minimum atomic E-state index is -4.46. The summed E-state index contributed by atoms with van der Waals surface area (Å²) in [4.78, 5) is 16.7. The van der Waals surface area contributed by atoms with Gasteiger partial charge in [0, 0.05) is 10.6 Å². The molecule has 0 radical (unpaired) electrons. The van der Waals surface area contributed by atoms with Crippen LogP contribution in [0.2, 0.25) is 0 Å². The zero-order valence-corrected chi connectivity index (χ0v) is 10.6. The SMILES string of the molecule is Cc1nc(C(F)(F)F)c(CSc2n[nH]c(=O)[nH]2)s1. The van der Waals surface area contributed by atoms with Gasteiger partial charge in [-0.05, 0) is 6.92 Å². The van der Waals surface area contributed by atoms with Gasteiger partial charge in [0.25, 0.3) is 0 Å². The van der Waals surface area contributed by atoms with Gasteiger partial charge in [0.1, 0.15) is 0 Å². The molecular formula is C8H7F3N4OS2. The molecule has 0 spiro atoms. The van der Waals surface area contributed by atoms with Crippen LogP contribution in [-0.2, 0) is 11.9 Å². The number of rotatable bonds is 3. The van der Waals surface area contributed by atoms with Crippen LogP contribution in [0.15, 0.2) is 9.95 Å². The van der Waals surface area contributed by atoms with Gasteiger partial charge < -0.3 is 0 Å². The number of aromatic nitrogens is 4. The summed E-state index contributed by atoms with van der Waals surface area (Å²) >= 11 is 2.00. The molecule has 0 aliphatic carbocycles. The van der Waals surface area contributed by atoms with Gasteiger partial charge in [-0.3, -0.25) is 4.98 Å². The van der Waals surface area contributed by atoms with E-state index in [4.69, 9.17) is 0 Å². The van der Waals surface area contributed by atoms with E-state index in [0.29, 0.717) is 5.01 Å². The molecule has 2 rings (SSSR count). The van der Waals surface area contributed by atoms with E-state index in [1.165, 1.54) is 6.92 Å². The van der Waals surface area contributed by atoms with Crippen molar-refractivity contribution in [1.82, 2.24) is 20.2 Å². The van der Waals surface area contributed by atoms with Crippen LogP contribution in [0.3, 0.4) is 0 Å². The Morgan fingerprint density at radius 2 is 2.17 bits per heavy atom. The van der Waals surface area contributed by atoms with Crippen molar-refractivity contribution in [2.45, 2.75) is 24.0 Å². The zero-order valence-electron chi connectivity index (χ0n) is 8.96. The summed E-state index contributed by atoms with van der Waals surface area (Å²) in [5.41, 5.74) is -1.36. The average Bonchev–Trinajstić information content (AvgIpc) is 2.81. The molecule has 10 heteroatoms. The highest BCUT2D eigenvalue weighted by Crippen LogP contribution is 2.36. The molecule has 0 saturated carbocycles. The molecule has 18 heavy (non-hydrogen) atoms. The Hall–Kier alpha value is -1.29. The second-order valence-electron chi connectivity index (χ2n) is 3.27. The van der Waals surface area contributed by atoms with E-state index in [1.807, 2.05) is 0 Å². The van der Waals surface area contributed by atoms with Gasteiger partial charge >= 0.3 is 11.9 Å². The van der Waals surface area contributed by atoms with Crippen LogP contribution in [0.5, 0.6) is 0 Å². The molecule has 0 aromatic carbocycles. The van der Waals surface area contributed by atoms with Gasteiger partial charge in [-0.1, -0.05) is 11.8 Å². The highest BCUT2D eigenvalue weighted by Gasteiger charge is 2.36. The summed E-state index contributed by atoms with van der Waals surface area (Å²) in [6.07, 6.45) is -4.46. The van der Waals surface area contributed by atoms with E-state index >= 15 is 0 Å². The molecular weight excluding hydrogens is 289 g/mol. The molecule has 0 fully saturated rings. The Labute approximate surface area is 107 Å². The monoisotopic (exact) mass is 296 g/mol. The largest absolute Gasteiger partial charge is 0.434 e. The lowest BCUT2D eigenvalue weighted by atomic mass is 10.4. The van der Waals surface area contributed by atoms with Gasteiger partial charge in [0.2, 0.25) is 0 Å². The van der Waals surface area contributed by atoms with Crippen LogP contribution in [-0.4, -0.2) is 20.2 Å². The molecule has 0 bridgehead atoms. The van der Waals surface area contributed by atoms with Crippen LogP contribution in [0.4, 0.5) is 13.2 Å². The molecule has 5 nitrogen and oxygen atoms in total. The molecule has 0 aliphatic heterocycles. The number of H-pyrrole nitrogens is 2. The predicted octanol–water partition coefficient (Wildman–Crippen LogP) is 2.17. The molecule has 0 saturated heterocycles. The molecule has 98 valence electrons. The number of thioether (sulfide) groups is 1. The first-order valence-electron chi connectivity index (χ1n) is 4.67. The lowest BCUT2D eigenvalue weighted by Gasteiger charge is -2.04. The Morgan fingerprint density at radius 3 is 2.72 bits per heavy atom. The molecule has 0 aliphatic rings. The number of hydrogen-bond donors (Lipinski definition) is 2. The summed E-state index contributed by atoms with van der Waals surface area (Å²) in [6, 6.07) is 0. The third-order valence-electron chi connectivity index (χ3n) is 1.89. The summed E-state index contributed by atoms with van der Waals surface area (Å²) < 4.78 is 37.9. The third kappa shape index (κ3) is 2.93. The van der Waals surface area contributed by atoms with Crippen LogP contribution < -0.4 is 5.69 Å². The Morgan fingerprint density at radius 1 is 1.44 bits per heavy atom. The first kappa shape index (κ1) is 13.1. The fraction of sp³-hybridized carbons (Fsp3) is 0.375. The van der Waals surface area contributed by atoms with Crippen molar-refractivity contribution in [3.8, 4) is 0 Å². The van der Waals surface area contributed by atoms with Crippen molar-refractivity contribution < 1.29 is 13.2 Å². The summed E-state index contributed by atoms with van der Waals surface area (Å²) in [5.74, 6) is 0.0567. The first-order valence-corrected chi connectivity index (χ1v) is 6.47. The maximum atomic E-state index is 12.6. The first-order chi connectivity index (χ1) is 8.36. The molecule has 0 atom stereocenters. The van der Waals surface area contributed by atoms with Crippen molar-refractivity contribution in [3.63, 3.8) is 0 Å². The maximum Gasteiger partial charge on any atom is 0.434 e. The number of nitrogens with zero attached hydrogens (tertiary/aromatic N) is 2. The van der Waals surface area contributed by atoms with Gasteiger partial charge in [-0.25, -0.2) is 14.9 Å². The highest BCUT2D eigenvalue weighted by molar-refractivity contribution is 7.98. The van der Waals surface area contributed by atoms with Gasteiger partial charge in [-0.15, -0.1) is 16.4 Å². The Kier molecular flexibility index (Phi) is 3.48. The fourth-order valence-corrected chi connectivity index (χ4v) is 3.09. The zero-order chi connectivity index (χ0) is 13.3. The molecule has 0 unspecified atom stereocenters. The highest BCUT2D eigenvalue weighted by atomic mass is 32.2. The smallest absolute Gasteiger partial charge is 0.284 e. The Bertz CT molecular complexity index is 600. The van der Waals surface area contributed by atoms with Crippen molar-refractivity contribution in [2.24, 2.45) is 0 Å². The number of hydrogen-bond acceptors (Lipinski definition) is 5. The fourth-order valence-electron chi connectivity index (χ4n) is 1.25. The van der Waals surface area contributed by atoms with E-state index in [2.05, 4.69) is 20.2 Å². The number of halogens is 3. The normalized spacial score (nSPS) is 12.0. The number of thiazole rings is 1. The molecule has 2 aromatic rings. The van der Waals surface area contributed by atoms with Crippen molar-refractivity contribution in [2.75, 3.05) is 0 Å². The second-order valence-corrected chi connectivity index (χ2v) is 5.53. The summed E-state index contributed by atoms with van der Waals surface area (Å²) in [7, 11) is 0. The third-order valence-corrected chi connectivity index (χ3v) is 3.95. The standard InChI is InChI=1S/C8H7F3N4OS2/c1-3-12-5(8(9,10)11)4(18-3)2-17-7-13-6(16)14-15-7/h2H2,1H3,(H2,13,14,15,16). The molecule has 2 heterocycles. The van der Waals surface area contributed by atoms with E-state index in [0.717, 1.165) is 23.1 Å². The van der Waals surface area contributed by atoms with Crippen LogP contribution in [0.1, 0.15) is 15.6 Å². The van der Waals surface area contributed by atoms with E-state index < -0.39 is 17.6 Å². The van der Waals surface area contributed by atoms with Gasteiger partial charge in [-0.2, -0.15) is 13.2 Å². The Balaban J connectivity index is 2.16. The number of alkyl halides is 3. The van der Waals surface area contributed by atoms with E-state index in [-0.39, 0.29) is 15.8 Å². The van der Waals surface area contributed by atoms with Gasteiger partial charge in [0.05, 0.1) is 5.01 Å². The van der Waals surface area contributed by atoms with Crippen LogP contribution in [0.25, 0.3) is 0 Å². The topological polar surface area (TPSA) is 74.4 Å².